The van der Waals surface area contributed by atoms with Gasteiger partial charge in [-0.25, -0.2) is 9.59 Å². The van der Waals surface area contributed by atoms with Gasteiger partial charge in [-0.15, -0.1) is 0 Å². The van der Waals surface area contributed by atoms with Crippen LogP contribution in [0.25, 0.3) is 0 Å². The van der Waals surface area contributed by atoms with Crippen molar-refractivity contribution in [2.75, 3.05) is 19.8 Å². The molecular formula is C19H19N3O6. The molecule has 3 rings (SSSR count). The third kappa shape index (κ3) is 3.51. The number of nitrogens with zero attached hydrogens (tertiary/aromatic N) is 3. The zero-order valence-electron chi connectivity index (χ0n) is 15.5. The van der Waals surface area contributed by atoms with Gasteiger partial charge in [0.15, 0.2) is 5.69 Å². The molecule has 28 heavy (non-hydrogen) atoms. The highest BCUT2D eigenvalue weighted by Gasteiger charge is 2.35. The minimum atomic E-state index is -0.674. The van der Waals surface area contributed by atoms with Crippen LogP contribution in [-0.2, 0) is 16.0 Å². The Bertz CT molecular complexity index is 914. The zero-order valence-corrected chi connectivity index (χ0v) is 15.5. The Morgan fingerprint density at radius 1 is 0.929 bits per heavy atom. The van der Waals surface area contributed by atoms with E-state index in [4.69, 9.17) is 9.47 Å². The first kappa shape index (κ1) is 19.3. The minimum absolute atomic E-state index is 0.0112. The lowest BCUT2D eigenvalue weighted by Gasteiger charge is -2.14. The molecule has 0 fully saturated rings. The predicted molar refractivity (Wildman–Crippen MR) is 95.9 cm³/mol. The molecule has 0 atom stereocenters. The summed E-state index contributed by atoms with van der Waals surface area (Å²) in [6.07, 6.45) is 0. The molecule has 1 aromatic carbocycles. The van der Waals surface area contributed by atoms with Crippen molar-refractivity contribution in [2.45, 2.75) is 20.4 Å². The number of carbonyl (C=O) groups is 4. The molecule has 0 saturated heterocycles. The third-order valence-corrected chi connectivity index (χ3v) is 4.16. The fourth-order valence-corrected chi connectivity index (χ4v) is 2.90. The first-order valence-electron chi connectivity index (χ1n) is 8.85. The lowest BCUT2D eigenvalue weighted by molar-refractivity contribution is 0.0503. The van der Waals surface area contributed by atoms with Crippen LogP contribution in [0.15, 0.2) is 30.3 Å². The second kappa shape index (κ2) is 8.03. The lowest BCUT2D eigenvalue weighted by atomic mass is 10.1. The van der Waals surface area contributed by atoms with Crippen molar-refractivity contribution in [2.24, 2.45) is 0 Å². The van der Waals surface area contributed by atoms with Crippen molar-refractivity contribution < 1.29 is 28.7 Å². The molecule has 1 aliphatic rings. The normalized spacial score (nSPS) is 12.9. The first-order valence-corrected chi connectivity index (χ1v) is 8.85. The number of imide groups is 1. The number of hydrogen-bond acceptors (Lipinski definition) is 7. The zero-order chi connectivity index (χ0) is 20.3. The molecule has 0 spiro atoms. The average molecular weight is 385 g/mol. The molecule has 2 aromatic rings. The van der Waals surface area contributed by atoms with Crippen LogP contribution in [-0.4, -0.2) is 58.2 Å². The topological polar surface area (TPSA) is 108 Å². The summed E-state index contributed by atoms with van der Waals surface area (Å²) in [4.78, 5) is 50.1. The van der Waals surface area contributed by atoms with E-state index in [-0.39, 0.29) is 37.7 Å². The van der Waals surface area contributed by atoms with Crippen molar-refractivity contribution in [3.63, 3.8) is 0 Å². The molecule has 1 aliphatic heterocycles. The number of rotatable bonds is 7. The number of amides is 2. The molecule has 9 nitrogen and oxygen atoms in total. The molecule has 0 N–H and O–H groups in total. The van der Waals surface area contributed by atoms with Gasteiger partial charge in [-0.1, -0.05) is 12.1 Å². The van der Waals surface area contributed by atoms with Crippen molar-refractivity contribution >= 4 is 23.8 Å². The molecule has 2 heterocycles. The molecule has 0 bridgehead atoms. The van der Waals surface area contributed by atoms with Gasteiger partial charge in [0, 0.05) is 12.6 Å². The van der Waals surface area contributed by atoms with E-state index in [1.165, 1.54) is 10.7 Å². The summed E-state index contributed by atoms with van der Waals surface area (Å²) in [5, 5.41) is 4.08. The van der Waals surface area contributed by atoms with Crippen molar-refractivity contribution in [1.29, 1.82) is 0 Å². The number of aromatic nitrogens is 2. The van der Waals surface area contributed by atoms with E-state index in [0.29, 0.717) is 11.1 Å². The summed E-state index contributed by atoms with van der Waals surface area (Å²) in [5.41, 5.74) is 0.672. The molecule has 0 unspecified atom stereocenters. The standard InChI is InChI=1S/C19H19N3O6/c1-3-27-18(25)14-11-15(19(26)28-4-2)22(20-14)10-9-21-16(23)12-7-5-6-8-13(12)17(21)24/h5-8,11H,3-4,9-10H2,1-2H3. The van der Waals surface area contributed by atoms with Crippen molar-refractivity contribution in [3.05, 3.63) is 52.8 Å². The maximum atomic E-state index is 12.5. The number of ether oxygens (including phenoxy) is 2. The second-order valence-corrected chi connectivity index (χ2v) is 5.89. The molecule has 2 amide bonds. The van der Waals surface area contributed by atoms with Crippen molar-refractivity contribution in [1.82, 2.24) is 14.7 Å². The SMILES string of the molecule is CCOC(=O)c1cc(C(=O)OCC)n(CCN2C(=O)c3ccccc3C2=O)n1. The van der Waals surface area contributed by atoms with Gasteiger partial charge in [0.2, 0.25) is 0 Å². The van der Waals surface area contributed by atoms with Gasteiger partial charge in [-0.05, 0) is 26.0 Å². The smallest absolute Gasteiger partial charge is 0.358 e. The number of carbonyl (C=O) groups excluding carboxylic acids is 4. The van der Waals surface area contributed by atoms with Gasteiger partial charge >= 0.3 is 11.9 Å². The van der Waals surface area contributed by atoms with Gasteiger partial charge in [-0.2, -0.15) is 5.10 Å². The highest BCUT2D eigenvalue weighted by molar-refractivity contribution is 6.21. The van der Waals surface area contributed by atoms with E-state index < -0.39 is 23.8 Å². The van der Waals surface area contributed by atoms with E-state index in [0.717, 1.165) is 4.90 Å². The van der Waals surface area contributed by atoms with Gasteiger partial charge in [0.25, 0.3) is 11.8 Å². The average Bonchev–Trinajstić information content (AvgIpc) is 3.21. The summed E-state index contributed by atoms with van der Waals surface area (Å²) < 4.78 is 11.1. The van der Waals surface area contributed by atoms with Crippen LogP contribution in [0.3, 0.4) is 0 Å². The largest absolute Gasteiger partial charge is 0.461 e. The first-order chi connectivity index (χ1) is 13.5. The summed E-state index contributed by atoms with van der Waals surface area (Å²) in [6.45, 7) is 3.64. The van der Waals surface area contributed by atoms with Gasteiger partial charge in [-0.3, -0.25) is 19.2 Å². The van der Waals surface area contributed by atoms with Crippen LogP contribution >= 0.6 is 0 Å². The van der Waals surface area contributed by atoms with E-state index >= 15 is 0 Å². The molecule has 0 aliphatic carbocycles. The Morgan fingerprint density at radius 3 is 2.07 bits per heavy atom. The van der Waals surface area contributed by atoms with Crippen LogP contribution in [0.4, 0.5) is 0 Å². The van der Waals surface area contributed by atoms with E-state index in [1.54, 1.807) is 38.1 Å². The number of benzene rings is 1. The molecule has 0 radical (unpaired) electrons. The molecule has 1 aromatic heterocycles. The Balaban J connectivity index is 1.82. The highest BCUT2D eigenvalue weighted by Crippen LogP contribution is 2.22. The van der Waals surface area contributed by atoms with E-state index in [2.05, 4.69) is 5.10 Å². The van der Waals surface area contributed by atoms with Gasteiger partial charge in [0.05, 0.1) is 30.9 Å². The molecule has 0 saturated carbocycles. The molecule has 9 heteroatoms. The maximum absolute atomic E-state index is 12.5. The predicted octanol–water partition coefficient (Wildman–Crippen LogP) is 1.53. The Kier molecular flexibility index (Phi) is 5.53. The Hall–Kier alpha value is -3.49. The third-order valence-electron chi connectivity index (χ3n) is 4.16. The van der Waals surface area contributed by atoms with Crippen LogP contribution in [0.2, 0.25) is 0 Å². The van der Waals surface area contributed by atoms with Gasteiger partial charge < -0.3 is 9.47 Å². The van der Waals surface area contributed by atoms with Crippen molar-refractivity contribution in [3.8, 4) is 0 Å². The van der Waals surface area contributed by atoms with Crippen LogP contribution in [0, 0.1) is 0 Å². The van der Waals surface area contributed by atoms with Gasteiger partial charge in [0.1, 0.15) is 5.69 Å². The van der Waals surface area contributed by atoms with E-state index in [1.807, 2.05) is 0 Å². The lowest BCUT2D eigenvalue weighted by Crippen LogP contribution is -2.33. The number of hydrogen-bond donors (Lipinski definition) is 0. The monoisotopic (exact) mass is 385 g/mol. The fraction of sp³-hybridized carbons (Fsp3) is 0.316. The quantitative estimate of drug-likeness (QED) is 0.525. The summed E-state index contributed by atoms with van der Waals surface area (Å²) in [7, 11) is 0. The molecular weight excluding hydrogens is 366 g/mol. The molecule has 146 valence electrons. The maximum Gasteiger partial charge on any atom is 0.358 e. The van der Waals surface area contributed by atoms with Crippen LogP contribution < -0.4 is 0 Å². The van der Waals surface area contributed by atoms with E-state index in [9.17, 15) is 19.2 Å². The van der Waals surface area contributed by atoms with Crippen LogP contribution in [0.5, 0.6) is 0 Å². The van der Waals surface area contributed by atoms with Crippen LogP contribution in [0.1, 0.15) is 55.5 Å². The minimum Gasteiger partial charge on any atom is -0.461 e. The highest BCUT2D eigenvalue weighted by atomic mass is 16.5. The second-order valence-electron chi connectivity index (χ2n) is 5.89. The number of fused-ring (bicyclic) bond motifs is 1. The Labute approximate surface area is 160 Å². The summed E-state index contributed by atoms with van der Waals surface area (Å²) >= 11 is 0. The Morgan fingerprint density at radius 2 is 1.50 bits per heavy atom. The summed E-state index contributed by atoms with van der Waals surface area (Å²) in [5.74, 6) is -2.15. The number of esters is 2. The summed E-state index contributed by atoms with van der Waals surface area (Å²) in [6, 6.07) is 7.83. The fourth-order valence-electron chi connectivity index (χ4n) is 2.90.